The lowest BCUT2D eigenvalue weighted by Gasteiger charge is -2.16. The van der Waals surface area contributed by atoms with Crippen LogP contribution in [0.15, 0.2) is 45.9 Å². The first kappa shape index (κ1) is 17.5. The van der Waals surface area contributed by atoms with Gasteiger partial charge in [-0.15, -0.1) is 0 Å². The molecule has 0 fully saturated rings. The van der Waals surface area contributed by atoms with E-state index in [0.29, 0.717) is 11.5 Å². The fourth-order valence-corrected chi connectivity index (χ4v) is 3.44. The van der Waals surface area contributed by atoms with Gasteiger partial charge >= 0.3 is 0 Å². The Labute approximate surface area is 136 Å². The van der Waals surface area contributed by atoms with Gasteiger partial charge in [-0.1, -0.05) is 13.0 Å². The van der Waals surface area contributed by atoms with Crippen LogP contribution in [0, 0.1) is 0 Å². The van der Waals surface area contributed by atoms with Gasteiger partial charge in [0.2, 0.25) is 10.0 Å². The van der Waals surface area contributed by atoms with E-state index in [1.165, 1.54) is 20.5 Å². The maximum Gasteiger partial charge on any atom is 0.244 e. The van der Waals surface area contributed by atoms with E-state index in [0.717, 1.165) is 12.0 Å². The van der Waals surface area contributed by atoms with Gasteiger partial charge in [-0.3, -0.25) is 0 Å². The molecule has 0 aliphatic heterocycles. The van der Waals surface area contributed by atoms with E-state index >= 15 is 0 Å². The summed E-state index contributed by atoms with van der Waals surface area (Å²) in [4.78, 5) is 0.119. The van der Waals surface area contributed by atoms with Crippen LogP contribution in [0.5, 0.6) is 5.75 Å². The largest absolute Gasteiger partial charge is 0.495 e. The summed E-state index contributed by atoms with van der Waals surface area (Å²) in [6.07, 6.45) is 1.75. The predicted octanol–water partition coefficient (Wildman–Crippen LogP) is 2.52. The van der Waals surface area contributed by atoms with Gasteiger partial charge in [0.05, 0.1) is 13.4 Å². The van der Waals surface area contributed by atoms with Gasteiger partial charge in [-0.05, 0) is 36.2 Å². The molecule has 1 heterocycles. The fourth-order valence-electron chi connectivity index (χ4n) is 2.19. The molecule has 6 nitrogen and oxygen atoms in total. The Morgan fingerprint density at radius 1 is 1.26 bits per heavy atom. The normalized spacial score (nSPS) is 13.0. The Kier molecular flexibility index (Phi) is 5.81. The van der Waals surface area contributed by atoms with E-state index in [4.69, 9.17) is 13.9 Å². The molecule has 0 saturated carbocycles. The summed E-state index contributed by atoms with van der Waals surface area (Å²) in [7, 11) is -0.784. The average molecular weight is 339 g/mol. The Morgan fingerprint density at radius 3 is 2.61 bits per heavy atom. The topological polar surface area (TPSA) is 77.8 Å². The molecule has 0 spiro atoms. The van der Waals surface area contributed by atoms with Crippen LogP contribution >= 0.6 is 0 Å². The Hall–Kier alpha value is -1.83. The first-order chi connectivity index (χ1) is 11.0. The smallest absolute Gasteiger partial charge is 0.244 e. The third-order valence-corrected chi connectivity index (χ3v) is 4.97. The van der Waals surface area contributed by atoms with Gasteiger partial charge in [-0.2, -0.15) is 0 Å². The Morgan fingerprint density at radius 2 is 2.04 bits per heavy atom. The number of hydrogen-bond acceptors (Lipinski definition) is 5. The second kappa shape index (κ2) is 7.63. The number of methoxy groups -OCH3 is 2. The zero-order chi connectivity index (χ0) is 16.9. The van der Waals surface area contributed by atoms with Crippen LogP contribution in [-0.4, -0.2) is 29.2 Å². The van der Waals surface area contributed by atoms with E-state index in [1.807, 2.05) is 13.0 Å². The fraction of sp³-hybridized carbons (Fsp3) is 0.375. The van der Waals surface area contributed by atoms with Crippen LogP contribution in [0.4, 0.5) is 0 Å². The molecule has 1 aromatic carbocycles. The summed E-state index contributed by atoms with van der Waals surface area (Å²) in [6.45, 7) is 2.02. The second-order valence-corrected chi connectivity index (χ2v) is 6.67. The van der Waals surface area contributed by atoms with Crippen LogP contribution < -0.4 is 9.46 Å². The SMILES string of the molecule is CCc1ccc(OC)c(S(=O)(=O)NCC(OC)c2ccco2)c1. The summed E-state index contributed by atoms with van der Waals surface area (Å²) >= 11 is 0. The van der Waals surface area contributed by atoms with Crippen molar-refractivity contribution in [2.75, 3.05) is 20.8 Å². The highest BCUT2D eigenvalue weighted by Gasteiger charge is 2.23. The summed E-state index contributed by atoms with van der Waals surface area (Å²) < 4.78 is 43.4. The van der Waals surface area contributed by atoms with Gasteiger partial charge in [-0.25, -0.2) is 13.1 Å². The Bertz CT molecular complexity index is 725. The number of benzene rings is 1. The molecule has 0 aliphatic rings. The van der Waals surface area contributed by atoms with Gasteiger partial charge in [0.25, 0.3) is 0 Å². The third kappa shape index (κ3) is 4.13. The molecule has 0 radical (unpaired) electrons. The quantitative estimate of drug-likeness (QED) is 0.799. The van der Waals surface area contributed by atoms with Crippen molar-refractivity contribution < 1.29 is 22.3 Å². The molecule has 0 bridgehead atoms. The standard InChI is InChI=1S/C16H21NO5S/c1-4-12-7-8-14(20-2)16(10-12)23(18,19)17-11-15(21-3)13-6-5-9-22-13/h5-10,15,17H,4,11H2,1-3H3. The lowest BCUT2D eigenvalue weighted by molar-refractivity contribution is 0.0878. The first-order valence-electron chi connectivity index (χ1n) is 7.24. The number of ether oxygens (including phenoxy) is 2. The van der Waals surface area contributed by atoms with Gasteiger partial charge in [0.1, 0.15) is 22.5 Å². The van der Waals surface area contributed by atoms with Crippen molar-refractivity contribution >= 4 is 10.0 Å². The van der Waals surface area contributed by atoms with E-state index in [2.05, 4.69) is 4.72 Å². The zero-order valence-electron chi connectivity index (χ0n) is 13.4. The monoisotopic (exact) mass is 339 g/mol. The molecule has 0 amide bonds. The van der Waals surface area contributed by atoms with Crippen LogP contribution in [0.1, 0.15) is 24.4 Å². The molecule has 0 aliphatic carbocycles. The molecule has 1 atom stereocenters. The highest BCUT2D eigenvalue weighted by atomic mass is 32.2. The van der Waals surface area contributed by atoms with Gasteiger partial charge in [0, 0.05) is 13.7 Å². The molecular formula is C16H21NO5S. The Balaban J connectivity index is 2.21. The van der Waals surface area contributed by atoms with E-state index < -0.39 is 16.1 Å². The number of furan rings is 1. The second-order valence-electron chi connectivity index (χ2n) is 4.93. The van der Waals surface area contributed by atoms with Crippen molar-refractivity contribution in [1.29, 1.82) is 0 Å². The van der Waals surface area contributed by atoms with Crippen molar-refractivity contribution in [3.63, 3.8) is 0 Å². The molecule has 1 unspecified atom stereocenters. The summed E-state index contributed by atoms with van der Waals surface area (Å²) in [5.74, 6) is 0.867. The lowest BCUT2D eigenvalue weighted by Crippen LogP contribution is -2.29. The maximum atomic E-state index is 12.6. The van der Waals surface area contributed by atoms with Crippen molar-refractivity contribution in [3.05, 3.63) is 47.9 Å². The van der Waals surface area contributed by atoms with E-state index in [1.54, 1.807) is 24.3 Å². The molecule has 0 saturated heterocycles. The highest BCUT2D eigenvalue weighted by molar-refractivity contribution is 7.89. The van der Waals surface area contributed by atoms with Crippen molar-refractivity contribution in [2.24, 2.45) is 0 Å². The first-order valence-corrected chi connectivity index (χ1v) is 8.73. The summed E-state index contributed by atoms with van der Waals surface area (Å²) in [6, 6.07) is 8.59. The highest BCUT2D eigenvalue weighted by Crippen LogP contribution is 2.25. The summed E-state index contributed by atoms with van der Waals surface area (Å²) in [5.41, 5.74) is 0.917. The van der Waals surface area contributed by atoms with Crippen LogP contribution in [0.25, 0.3) is 0 Å². The minimum atomic E-state index is -3.73. The number of aryl methyl sites for hydroxylation is 1. The van der Waals surface area contributed by atoms with E-state index in [9.17, 15) is 8.42 Å². The minimum absolute atomic E-state index is 0.0614. The van der Waals surface area contributed by atoms with Crippen LogP contribution in [-0.2, 0) is 21.2 Å². The molecule has 2 aromatic rings. The third-order valence-electron chi connectivity index (χ3n) is 3.53. The van der Waals surface area contributed by atoms with Crippen molar-refractivity contribution in [1.82, 2.24) is 4.72 Å². The van der Waals surface area contributed by atoms with E-state index in [-0.39, 0.29) is 11.4 Å². The van der Waals surface area contributed by atoms with Crippen molar-refractivity contribution in [3.8, 4) is 5.75 Å². The molecular weight excluding hydrogens is 318 g/mol. The predicted molar refractivity (Wildman–Crippen MR) is 86.0 cm³/mol. The van der Waals surface area contributed by atoms with Crippen LogP contribution in [0.2, 0.25) is 0 Å². The van der Waals surface area contributed by atoms with Crippen molar-refractivity contribution in [2.45, 2.75) is 24.3 Å². The summed E-state index contributed by atoms with van der Waals surface area (Å²) in [5, 5.41) is 0. The molecule has 1 N–H and O–H groups in total. The number of sulfonamides is 1. The molecule has 23 heavy (non-hydrogen) atoms. The molecule has 7 heteroatoms. The number of nitrogens with one attached hydrogen (secondary N) is 1. The van der Waals surface area contributed by atoms with Crippen LogP contribution in [0.3, 0.4) is 0 Å². The zero-order valence-corrected chi connectivity index (χ0v) is 14.2. The lowest BCUT2D eigenvalue weighted by atomic mass is 10.2. The molecule has 1 aromatic heterocycles. The molecule has 126 valence electrons. The van der Waals surface area contributed by atoms with Gasteiger partial charge < -0.3 is 13.9 Å². The number of rotatable bonds is 8. The van der Waals surface area contributed by atoms with Gasteiger partial charge in [0.15, 0.2) is 0 Å². The minimum Gasteiger partial charge on any atom is -0.495 e. The maximum absolute atomic E-state index is 12.6. The number of hydrogen-bond donors (Lipinski definition) is 1. The average Bonchev–Trinajstić information content (AvgIpc) is 3.09. The molecule has 2 rings (SSSR count).